The molecule has 1 N–H and O–H groups in total. The van der Waals surface area contributed by atoms with Crippen LogP contribution >= 0.6 is 0 Å². The predicted octanol–water partition coefficient (Wildman–Crippen LogP) is 0.778. The van der Waals surface area contributed by atoms with Gasteiger partial charge in [0.15, 0.2) is 12.0 Å². The molecule has 0 unspecified atom stereocenters. The second-order valence-electron chi connectivity index (χ2n) is 3.01. The molecule has 80 valence electrons. The summed E-state index contributed by atoms with van der Waals surface area (Å²) in [7, 11) is 0. The molecule has 0 radical (unpaired) electrons. The minimum Gasteiger partial charge on any atom is -0.476 e. The van der Waals surface area contributed by atoms with Gasteiger partial charge in [0.2, 0.25) is 0 Å². The van der Waals surface area contributed by atoms with Gasteiger partial charge < -0.3 is 5.11 Å². The molecule has 0 saturated heterocycles. The Labute approximate surface area is 90.2 Å². The lowest BCUT2D eigenvalue weighted by Gasteiger charge is -1.99. The number of hydrogen-bond donors (Lipinski definition) is 1. The quantitative estimate of drug-likeness (QED) is 0.768. The maximum absolute atomic E-state index is 10.6. The van der Waals surface area contributed by atoms with E-state index in [1.165, 1.54) is 29.2 Å². The van der Waals surface area contributed by atoms with Gasteiger partial charge in [0.25, 0.3) is 0 Å². The third-order valence-corrected chi connectivity index (χ3v) is 1.96. The highest BCUT2D eigenvalue weighted by atomic mass is 16.4. The molecule has 0 atom stereocenters. The van der Waals surface area contributed by atoms with Crippen molar-refractivity contribution in [3.8, 4) is 5.69 Å². The Balaban J connectivity index is 2.35. The Morgan fingerprint density at radius 2 is 2.19 bits per heavy atom. The van der Waals surface area contributed by atoms with E-state index in [0.29, 0.717) is 17.7 Å². The Morgan fingerprint density at radius 3 is 2.69 bits per heavy atom. The Bertz CT molecular complexity index is 530. The summed E-state index contributed by atoms with van der Waals surface area (Å²) >= 11 is 0. The van der Waals surface area contributed by atoms with E-state index in [4.69, 9.17) is 5.11 Å². The number of nitrogens with zero attached hydrogens (tertiary/aromatic N) is 3. The molecule has 6 nitrogen and oxygen atoms in total. The van der Waals surface area contributed by atoms with Crippen LogP contribution in [0.25, 0.3) is 5.69 Å². The fourth-order valence-corrected chi connectivity index (χ4v) is 1.18. The maximum atomic E-state index is 10.6. The first-order chi connectivity index (χ1) is 7.70. The van der Waals surface area contributed by atoms with Gasteiger partial charge in [-0.1, -0.05) is 0 Å². The molecule has 0 aliphatic rings. The number of carbonyl (C=O) groups is 2. The van der Waals surface area contributed by atoms with Crippen molar-refractivity contribution >= 4 is 12.3 Å². The summed E-state index contributed by atoms with van der Waals surface area (Å²) in [6, 6.07) is 4.55. The van der Waals surface area contributed by atoms with E-state index in [-0.39, 0.29) is 5.69 Å². The molecular weight excluding hydrogens is 210 g/mol. The average molecular weight is 217 g/mol. The van der Waals surface area contributed by atoms with Crippen LogP contribution in [0.5, 0.6) is 0 Å². The highest BCUT2D eigenvalue weighted by Gasteiger charge is 2.07. The van der Waals surface area contributed by atoms with Gasteiger partial charge in [-0.05, 0) is 18.2 Å². The number of carboxylic acids is 1. The van der Waals surface area contributed by atoms with Gasteiger partial charge in [-0.2, -0.15) is 5.10 Å². The fourth-order valence-electron chi connectivity index (χ4n) is 1.18. The molecule has 0 aliphatic heterocycles. The lowest BCUT2D eigenvalue weighted by atomic mass is 10.3. The number of carbonyl (C=O) groups excluding carboxylic acids is 1. The second kappa shape index (κ2) is 3.93. The van der Waals surface area contributed by atoms with Crippen molar-refractivity contribution in [2.45, 2.75) is 0 Å². The molecule has 0 amide bonds. The molecule has 0 bridgehead atoms. The molecule has 0 aromatic carbocycles. The summed E-state index contributed by atoms with van der Waals surface area (Å²) in [5, 5.41) is 12.5. The van der Waals surface area contributed by atoms with Gasteiger partial charge in [0, 0.05) is 6.20 Å². The van der Waals surface area contributed by atoms with Crippen molar-refractivity contribution in [3.63, 3.8) is 0 Å². The van der Waals surface area contributed by atoms with E-state index in [0.717, 1.165) is 0 Å². The maximum Gasteiger partial charge on any atom is 0.356 e. The number of hydrogen-bond acceptors (Lipinski definition) is 4. The smallest absolute Gasteiger partial charge is 0.356 e. The number of aldehydes is 1. The Hall–Kier alpha value is -2.50. The van der Waals surface area contributed by atoms with Crippen LogP contribution in [0.3, 0.4) is 0 Å². The van der Waals surface area contributed by atoms with Gasteiger partial charge in [-0.25, -0.2) is 9.48 Å². The van der Waals surface area contributed by atoms with Crippen LogP contribution in [-0.4, -0.2) is 32.1 Å². The molecule has 2 aromatic heterocycles. The molecule has 2 aromatic rings. The molecule has 0 saturated carbocycles. The topological polar surface area (TPSA) is 85.1 Å². The van der Waals surface area contributed by atoms with Crippen molar-refractivity contribution in [3.05, 3.63) is 42.0 Å². The van der Waals surface area contributed by atoms with Gasteiger partial charge in [0.1, 0.15) is 5.69 Å². The molecule has 16 heavy (non-hydrogen) atoms. The first kappa shape index (κ1) is 10.0. The number of aromatic carboxylic acids is 1. The average Bonchev–Trinajstić information content (AvgIpc) is 2.78. The van der Waals surface area contributed by atoms with Crippen LogP contribution in [0.1, 0.15) is 21.0 Å². The fraction of sp³-hybridized carbons (Fsp3) is 0. The zero-order valence-electron chi connectivity index (χ0n) is 8.07. The second-order valence-corrected chi connectivity index (χ2v) is 3.01. The molecular formula is C10H7N3O3. The Kier molecular flexibility index (Phi) is 2.47. The summed E-state index contributed by atoms with van der Waals surface area (Å²) in [4.78, 5) is 24.8. The summed E-state index contributed by atoms with van der Waals surface area (Å²) in [6.07, 6.45) is 3.60. The van der Waals surface area contributed by atoms with Crippen LogP contribution in [-0.2, 0) is 0 Å². The van der Waals surface area contributed by atoms with E-state index in [2.05, 4.69) is 10.1 Å². The van der Waals surface area contributed by atoms with E-state index in [9.17, 15) is 9.59 Å². The lowest BCUT2D eigenvalue weighted by Crippen LogP contribution is -2.01. The summed E-state index contributed by atoms with van der Waals surface area (Å²) in [6.45, 7) is 0. The molecule has 2 rings (SSSR count). The highest BCUT2D eigenvalue weighted by Crippen LogP contribution is 2.06. The molecule has 0 fully saturated rings. The molecule has 0 aliphatic carbocycles. The lowest BCUT2D eigenvalue weighted by molar-refractivity contribution is 0.0690. The summed E-state index contributed by atoms with van der Waals surface area (Å²) in [5.41, 5.74) is 0.868. The minimum absolute atomic E-state index is 0.0422. The molecule has 2 heterocycles. The third kappa shape index (κ3) is 1.81. The molecule has 0 spiro atoms. The first-order valence-electron chi connectivity index (χ1n) is 4.41. The van der Waals surface area contributed by atoms with Crippen LogP contribution in [0.2, 0.25) is 0 Å². The number of pyridine rings is 1. The number of carboxylic acid groups (broad SMARTS) is 1. The summed E-state index contributed by atoms with van der Waals surface area (Å²) < 4.78 is 1.38. The van der Waals surface area contributed by atoms with Gasteiger partial charge >= 0.3 is 5.97 Å². The third-order valence-electron chi connectivity index (χ3n) is 1.96. The van der Waals surface area contributed by atoms with E-state index in [1.54, 1.807) is 6.07 Å². The minimum atomic E-state index is -1.09. The van der Waals surface area contributed by atoms with Crippen LogP contribution in [0, 0.1) is 0 Å². The Morgan fingerprint density at radius 1 is 1.38 bits per heavy atom. The van der Waals surface area contributed by atoms with Crippen molar-refractivity contribution in [2.24, 2.45) is 0 Å². The van der Waals surface area contributed by atoms with E-state index >= 15 is 0 Å². The highest BCUT2D eigenvalue weighted by molar-refractivity contribution is 5.85. The van der Waals surface area contributed by atoms with Crippen LogP contribution < -0.4 is 0 Å². The largest absolute Gasteiger partial charge is 0.476 e. The normalized spacial score (nSPS) is 10.0. The summed E-state index contributed by atoms with van der Waals surface area (Å²) in [5.74, 6) is -1.09. The van der Waals surface area contributed by atoms with Gasteiger partial charge in [-0.15, -0.1) is 0 Å². The zero-order valence-corrected chi connectivity index (χ0v) is 8.07. The van der Waals surface area contributed by atoms with E-state index in [1.807, 2.05) is 0 Å². The van der Waals surface area contributed by atoms with Crippen molar-refractivity contribution < 1.29 is 14.7 Å². The van der Waals surface area contributed by atoms with Gasteiger partial charge in [-0.3, -0.25) is 9.78 Å². The van der Waals surface area contributed by atoms with E-state index < -0.39 is 5.97 Å². The van der Waals surface area contributed by atoms with Crippen molar-refractivity contribution in [1.82, 2.24) is 14.8 Å². The predicted molar refractivity (Wildman–Crippen MR) is 53.7 cm³/mol. The van der Waals surface area contributed by atoms with Crippen molar-refractivity contribution in [2.75, 3.05) is 0 Å². The van der Waals surface area contributed by atoms with Gasteiger partial charge in [0.05, 0.1) is 11.9 Å². The van der Waals surface area contributed by atoms with Crippen molar-refractivity contribution in [1.29, 1.82) is 0 Å². The number of rotatable bonds is 3. The van der Waals surface area contributed by atoms with Crippen LogP contribution in [0.4, 0.5) is 0 Å². The monoisotopic (exact) mass is 217 g/mol. The SMILES string of the molecule is O=Cc1ccc(-n2ccc(C(=O)O)n2)cn1. The first-order valence-corrected chi connectivity index (χ1v) is 4.41. The number of aromatic nitrogens is 3. The zero-order chi connectivity index (χ0) is 11.5. The van der Waals surface area contributed by atoms with Crippen LogP contribution in [0.15, 0.2) is 30.6 Å². The standard InChI is InChI=1S/C10H7N3O3/c14-6-7-1-2-8(5-11-7)13-4-3-9(12-13)10(15)16/h1-6H,(H,15,16). The molecule has 6 heteroatoms.